The fourth-order valence-electron chi connectivity index (χ4n) is 2.87. The molecule has 3 rings (SSSR count). The van der Waals surface area contributed by atoms with E-state index in [1.165, 1.54) is 0 Å². The summed E-state index contributed by atoms with van der Waals surface area (Å²) in [5, 5.41) is 0. The van der Waals surface area contributed by atoms with Gasteiger partial charge in [-0.05, 0) is 30.5 Å². The van der Waals surface area contributed by atoms with Gasteiger partial charge < -0.3 is 14.2 Å². The molecule has 0 radical (unpaired) electrons. The molecule has 1 heterocycles. The van der Waals surface area contributed by atoms with Crippen molar-refractivity contribution in [3.63, 3.8) is 0 Å². The van der Waals surface area contributed by atoms with Crippen molar-refractivity contribution < 1.29 is 14.0 Å². The Morgan fingerprint density at radius 3 is 2.46 bits per heavy atom. The summed E-state index contributed by atoms with van der Waals surface area (Å²) >= 11 is 0. The van der Waals surface area contributed by atoms with Crippen molar-refractivity contribution >= 4 is 11.8 Å². The minimum absolute atomic E-state index is 0.0518. The van der Waals surface area contributed by atoms with Gasteiger partial charge in [-0.25, -0.2) is 0 Å². The van der Waals surface area contributed by atoms with Crippen LogP contribution in [0.5, 0.6) is 0 Å². The van der Waals surface area contributed by atoms with Crippen LogP contribution >= 0.6 is 0 Å². The van der Waals surface area contributed by atoms with E-state index in [2.05, 4.69) is 6.58 Å². The number of hydrogen-bond donors (Lipinski definition) is 0. The summed E-state index contributed by atoms with van der Waals surface area (Å²) < 4.78 is 5.41. The molecule has 136 valence electrons. The number of amides is 2. The van der Waals surface area contributed by atoms with Crippen molar-refractivity contribution in [3.05, 3.63) is 72.7 Å². The maximum Gasteiger partial charge on any atom is 0.242 e. The average Bonchev–Trinajstić information content (AvgIpc) is 3.38. The van der Waals surface area contributed by atoms with Crippen molar-refractivity contribution in [1.82, 2.24) is 9.80 Å². The summed E-state index contributed by atoms with van der Waals surface area (Å²) in [5.74, 6) is 0.755. The zero-order valence-electron chi connectivity index (χ0n) is 14.8. The Labute approximate surface area is 153 Å². The SMILES string of the molecule is C=CCN(CC(=O)N(Cc1ccccc1)Cc1ccco1)C(=O)C1CC1. The maximum atomic E-state index is 13.0. The molecule has 5 heteroatoms. The first-order valence-corrected chi connectivity index (χ1v) is 8.91. The van der Waals surface area contributed by atoms with E-state index in [0.29, 0.717) is 19.6 Å². The van der Waals surface area contributed by atoms with Gasteiger partial charge in [0, 0.05) is 19.0 Å². The normalized spacial score (nSPS) is 13.2. The fraction of sp³-hybridized carbons (Fsp3) is 0.333. The van der Waals surface area contributed by atoms with Crippen LogP contribution in [0.25, 0.3) is 0 Å². The van der Waals surface area contributed by atoms with Gasteiger partial charge in [0.15, 0.2) is 0 Å². The number of benzene rings is 1. The number of furan rings is 1. The highest BCUT2D eigenvalue weighted by Gasteiger charge is 2.34. The first kappa shape index (κ1) is 18.0. The van der Waals surface area contributed by atoms with Crippen LogP contribution < -0.4 is 0 Å². The van der Waals surface area contributed by atoms with Crippen molar-refractivity contribution in [2.24, 2.45) is 5.92 Å². The Kier molecular flexibility index (Phi) is 5.89. The monoisotopic (exact) mass is 352 g/mol. The van der Waals surface area contributed by atoms with Crippen LogP contribution in [-0.4, -0.2) is 34.7 Å². The molecular weight excluding hydrogens is 328 g/mol. The zero-order chi connectivity index (χ0) is 18.4. The Balaban J connectivity index is 1.71. The van der Waals surface area contributed by atoms with Crippen LogP contribution in [0.2, 0.25) is 0 Å². The standard InChI is InChI=1S/C21H24N2O3/c1-2-12-22(21(25)18-10-11-18)16-20(24)23(15-19-9-6-13-26-19)14-17-7-4-3-5-8-17/h2-9,13,18H,1,10-12,14-16H2. The molecule has 2 amide bonds. The molecule has 1 saturated carbocycles. The lowest BCUT2D eigenvalue weighted by atomic mass is 10.2. The third-order valence-corrected chi connectivity index (χ3v) is 4.41. The number of carbonyl (C=O) groups is 2. The van der Waals surface area contributed by atoms with Crippen LogP contribution in [0, 0.1) is 5.92 Å². The van der Waals surface area contributed by atoms with Crippen LogP contribution in [0.4, 0.5) is 0 Å². The molecule has 1 aliphatic carbocycles. The minimum atomic E-state index is -0.0962. The second kappa shape index (κ2) is 8.52. The summed E-state index contributed by atoms with van der Waals surface area (Å²) in [4.78, 5) is 28.7. The lowest BCUT2D eigenvalue weighted by molar-refractivity contribution is -0.141. The number of hydrogen-bond acceptors (Lipinski definition) is 3. The molecule has 26 heavy (non-hydrogen) atoms. The Morgan fingerprint density at radius 2 is 1.85 bits per heavy atom. The summed E-state index contributed by atoms with van der Waals surface area (Å²) in [7, 11) is 0. The van der Waals surface area contributed by atoms with Gasteiger partial charge in [0.1, 0.15) is 12.3 Å². The molecule has 0 unspecified atom stereocenters. The van der Waals surface area contributed by atoms with Crippen LogP contribution in [0.1, 0.15) is 24.2 Å². The predicted octanol–water partition coefficient (Wildman–Crippen LogP) is 3.23. The molecule has 0 N–H and O–H groups in total. The molecule has 1 fully saturated rings. The van der Waals surface area contributed by atoms with Gasteiger partial charge >= 0.3 is 0 Å². The van der Waals surface area contributed by atoms with Gasteiger partial charge in [0.2, 0.25) is 11.8 Å². The highest BCUT2D eigenvalue weighted by molar-refractivity contribution is 5.87. The Hall–Kier alpha value is -2.82. The van der Waals surface area contributed by atoms with E-state index in [-0.39, 0.29) is 24.3 Å². The molecular formula is C21H24N2O3. The van der Waals surface area contributed by atoms with Gasteiger partial charge in [-0.2, -0.15) is 0 Å². The zero-order valence-corrected chi connectivity index (χ0v) is 14.8. The molecule has 1 aromatic heterocycles. The molecule has 2 aromatic rings. The van der Waals surface area contributed by atoms with Gasteiger partial charge in [-0.1, -0.05) is 36.4 Å². The molecule has 1 aromatic carbocycles. The third-order valence-electron chi connectivity index (χ3n) is 4.41. The van der Waals surface area contributed by atoms with E-state index in [1.807, 2.05) is 36.4 Å². The average molecular weight is 352 g/mol. The largest absolute Gasteiger partial charge is 0.467 e. The highest BCUT2D eigenvalue weighted by Crippen LogP contribution is 2.31. The fourth-order valence-corrected chi connectivity index (χ4v) is 2.87. The summed E-state index contributed by atoms with van der Waals surface area (Å²) in [6, 6.07) is 13.5. The van der Waals surface area contributed by atoms with E-state index in [4.69, 9.17) is 4.42 Å². The first-order valence-electron chi connectivity index (χ1n) is 8.91. The van der Waals surface area contributed by atoms with Crippen LogP contribution in [0.15, 0.2) is 65.8 Å². The lowest BCUT2D eigenvalue weighted by Gasteiger charge is -2.27. The van der Waals surface area contributed by atoms with Crippen molar-refractivity contribution in [2.75, 3.05) is 13.1 Å². The summed E-state index contributed by atoms with van der Waals surface area (Å²) in [5.41, 5.74) is 1.04. The van der Waals surface area contributed by atoms with E-state index < -0.39 is 0 Å². The van der Waals surface area contributed by atoms with E-state index in [9.17, 15) is 9.59 Å². The second-order valence-corrected chi connectivity index (χ2v) is 6.60. The second-order valence-electron chi connectivity index (χ2n) is 6.60. The van der Waals surface area contributed by atoms with E-state index >= 15 is 0 Å². The number of nitrogens with zero attached hydrogens (tertiary/aromatic N) is 2. The lowest BCUT2D eigenvalue weighted by Crippen LogP contribution is -2.43. The van der Waals surface area contributed by atoms with Crippen molar-refractivity contribution in [2.45, 2.75) is 25.9 Å². The molecule has 0 bridgehead atoms. The molecule has 1 aliphatic rings. The first-order chi connectivity index (χ1) is 12.7. The molecule has 0 atom stereocenters. The topological polar surface area (TPSA) is 53.8 Å². The number of carbonyl (C=O) groups excluding carboxylic acids is 2. The van der Waals surface area contributed by atoms with E-state index in [1.54, 1.807) is 28.2 Å². The van der Waals surface area contributed by atoms with Crippen LogP contribution in [-0.2, 0) is 22.7 Å². The molecule has 0 saturated heterocycles. The van der Waals surface area contributed by atoms with Gasteiger partial charge in [0.25, 0.3) is 0 Å². The minimum Gasteiger partial charge on any atom is -0.467 e. The quantitative estimate of drug-likeness (QED) is 0.651. The van der Waals surface area contributed by atoms with Gasteiger partial charge in [-0.3, -0.25) is 9.59 Å². The summed E-state index contributed by atoms with van der Waals surface area (Å²) in [6.45, 7) is 5.01. The Bertz CT molecular complexity index is 736. The molecule has 5 nitrogen and oxygen atoms in total. The number of rotatable bonds is 9. The summed E-state index contributed by atoms with van der Waals surface area (Å²) in [6.07, 6.45) is 5.10. The maximum absolute atomic E-state index is 13.0. The smallest absolute Gasteiger partial charge is 0.242 e. The van der Waals surface area contributed by atoms with Crippen molar-refractivity contribution in [1.29, 1.82) is 0 Å². The molecule has 0 aliphatic heterocycles. The third kappa shape index (κ3) is 4.85. The molecule has 0 spiro atoms. The highest BCUT2D eigenvalue weighted by atomic mass is 16.3. The Morgan fingerprint density at radius 1 is 1.08 bits per heavy atom. The van der Waals surface area contributed by atoms with Crippen molar-refractivity contribution in [3.8, 4) is 0 Å². The van der Waals surface area contributed by atoms with E-state index in [0.717, 1.165) is 24.2 Å². The van der Waals surface area contributed by atoms with Crippen LogP contribution in [0.3, 0.4) is 0 Å². The predicted molar refractivity (Wildman–Crippen MR) is 98.9 cm³/mol. The van der Waals surface area contributed by atoms with Gasteiger partial charge in [0.05, 0.1) is 12.8 Å². The van der Waals surface area contributed by atoms with Gasteiger partial charge in [-0.15, -0.1) is 6.58 Å².